The van der Waals surface area contributed by atoms with Gasteiger partial charge in [-0.2, -0.15) is 0 Å². The van der Waals surface area contributed by atoms with E-state index in [1.165, 1.54) is 0 Å². The fourth-order valence-corrected chi connectivity index (χ4v) is 3.20. The van der Waals surface area contributed by atoms with Gasteiger partial charge in [0.05, 0.1) is 12.3 Å². The van der Waals surface area contributed by atoms with E-state index in [2.05, 4.69) is 34.6 Å². The highest BCUT2D eigenvalue weighted by atomic mass is 16.3. The normalized spacial score (nSPS) is 20.0. The number of furan rings is 1. The van der Waals surface area contributed by atoms with Crippen molar-refractivity contribution < 1.29 is 9.21 Å². The van der Waals surface area contributed by atoms with Crippen molar-refractivity contribution in [2.45, 2.75) is 25.3 Å². The standard InChI is InChI=1S/C21H20N2O2/c1-14(23-21(24)19-12-18(19)20-5-3-11-25-20)15-6-8-16(9-7-15)17-4-2-10-22-13-17/h2-11,13-14,18-19H,12H2,1H3,(H,23,24)/t14-,18-,19+/m0/s1. The highest BCUT2D eigenvalue weighted by Crippen LogP contribution is 2.47. The van der Waals surface area contributed by atoms with Crippen molar-refractivity contribution in [3.05, 3.63) is 78.5 Å². The van der Waals surface area contributed by atoms with E-state index in [1.54, 1.807) is 12.5 Å². The molecule has 0 saturated heterocycles. The molecule has 0 bridgehead atoms. The minimum Gasteiger partial charge on any atom is -0.469 e. The second-order valence-corrected chi connectivity index (χ2v) is 6.56. The van der Waals surface area contributed by atoms with Crippen LogP contribution in [0, 0.1) is 5.92 Å². The molecule has 25 heavy (non-hydrogen) atoms. The molecule has 126 valence electrons. The van der Waals surface area contributed by atoms with Crippen LogP contribution in [0.15, 0.2) is 71.6 Å². The topological polar surface area (TPSA) is 55.1 Å². The second-order valence-electron chi connectivity index (χ2n) is 6.56. The summed E-state index contributed by atoms with van der Waals surface area (Å²) in [5.41, 5.74) is 3.30. The number of rotatable bonds is 5. The van der Waals surface area contributed by atoms with Gasteiger partial charge in [-0.1, -0.05) is 30.3 Å². The number of benzene rings is 1. The lowest BCUT2D eigenvalue weighted by atomic mass is 10.0. The molecule has 1 saturated carbocycles. The molecular formula is C21H20N2O2. The summed E-state index contributed by atoms with van der Waals surface area (Å²) in [7, 11) is 0. The molecule has 0 spiro atoms. The predicted molar refractivity (Wildman–Crippen MR) is 95.8 cm³/mol. The molecule has 2 heterocycles. The van der Waals surface area contributed by atoms with Gasteiger partial charge >= 0.3 is 0 Å². The maximum atomic E-state index is 12.4. The number of carbonyl (C=O) groups excluding carboxylic acids is 1. The van der Waals surface area contributed by atoms with Gasteiger partial charge in [0.2, 0.25) is 5.91 Å². The Morgan fingerprint density at radius 1 is 1.16 bits per heavy atom. The van der Waals surface area contributed by atoms with Gasteiger partial charge in [0, 0.05) is 24.2 Å². The lowest BCUT2D eigenvalue weighted by Crippen LogP contribution is -2.28. The molecule has 1 N–H and O–H groups in total. The zero-order valence-electron chi connectivity index (χ0n) is 14.1. The molecule has 1 aliphatic rings. The Kier molecular flexibility index (Phi) is 4.10. The highest BCUT2D eigenvalue weighted by Gasteiger charge is 2.46. The highest BCUT2D eigenvalue weighted by molar-refractivity contribution is 5.83. The van der Waals surface area contributed by atoms with Crippen LogP contribution in [0.2, 0.25) is 0 Å². The summed E-state index contributed by atoms with van der Waals surface area (Å²) < 4.78 is 5.40. The van der Waals surface area contributed by atoms with Crippen molar-refractivity contribution in [3.8, 4) is 11.1 Å². The first-order valence-corrected chi connectivity index (χ1v) is 8.56. The van der Waals surface area contributed by atoms with E-state index < -0.39 is 0 Å². The van der Waals surface area contributed by atoms with E-state index >= 15 is 0 Å². The average Bonchev–Trinajstić information content (AvgIpc) is 3.28. The van der Waals surface area contributed by atoms with Gasteiger partial charge in [0.15, 0.2) is 0 Å². The van der Waals surface area contributed by atoms with Crippen molar-refractivity contribution in [1.29, 1.82) is 0 Å². The molecule has 4 nitrogen and oxygen atoms in total. The Bertz CT molecular complexity index is 841. The van der Waals surface area contributed by atoms with Crippen LogP contribution in [0.3, 0.4) is 0 Å². The molecule has 0 unspecified atom stereocenters. The smallest absolute Gasteiger partial charge is 0.224 e. The first kappa shape index (κ1) is 15.6. The predicted octanol–water partition coefficient (Wildman–Crippen LogP) is 4.32. The van der Waals surface area contributed by atoms with Crippen LogP contribution in [0.1, 0.15) is 36.6 Å². The van der Waals surface area contributed by atoms with Crippen LogP contribution in [-0.4, -0.2) is 10.9 Å². The summed E-state index contributed by atoms with van der Waals surface area (Å²) >= 11 is 0. The van der Waals surface area contributed by atoms with Crippen LogP contribution in [0.25, 0.3) is 11.1 Å². The monoisotopic (exact) mass is 332 g/mol. The zero-order valence-corrected chi connectivity index (χ0v) is 14.1. The second kappa shape index (κ2) is 6.55. The number of amides is 1. The Labute approximate surface area is 146 Å². The van der Waals surface area contributed by atoms with Crippen LogP contribution in [-0.2, 0) is 4.79 Å². The summed E-state index contributed by atoms with van der Waals surface area (Å²) in [4.78, 5) is 16.6. The van der Waals surface area contributed by atoms with Crippen molar-refractivity contribution in [2.75, 3.05) is 0 Å². The third kappa shape index (κ3) is 3.33. The van der Waals surface area contributed by atoms with Crippen molar-refractivity contribution >= 4 is 5.91 Å². The van der Waals surface area contributed by atoms with Gasteiger partial charge in [-0.15, -0.1) is 0 Å². The number of aromatic nitrogens is 1. The van der Waals surface area contributed by atoms with E-state index in [4.69, 9.17) is 4.42 Å². The fraction of sp³-hybridized carbons (Fsp3) is 0.238. The molecule has 3 aromatic rings. The minimum absolute atomic E-state index is 0.0201. The first-order valence-electron chi connectivity index (χ1n) is 8.56. The number of hydrogen-bond donors (Lipinski definition) is 1. The lowest BCUT2D eigenvalue weighted by molar-refractivity contribution is -0.123. The molecule has 2 aromatic heterocycles. The molecule has 1 aromatic carbocycles. The molecule has 4 rings (SSSR count). The molecule has 0 radical (unpaired) electrons. The molecule has 0 aliphatic heterocycles. The largest absolute Gasteiger partial charge is 0.469 e. The van der Waals surface area contributed by atoms with E-state index in [9.17, 15) is 4.79 Å². The Balaban J connectivity index is 1.38. The quantitative estimate of drug-likeness (QED) is 0.757. The minimum atomic E-state index is -0.0201. The number of nitrogens with one attached hydrogen (secondary N) is 1. The van der Waals surface area contributed by atoms with Crippen LogP contribution < -0.4 is 5.32 Å². The van der Waals surface area contributed by atoms with Crippen LogP contribution >= 0.6 is 0 Å². The Hall–Kier alpha value is -2.88. The molecule has 1 aliphatic carbocycles. The molecule has 1 amide bonds. The molecule has 3 atom stereocenters. The van der Waals surface area contributed by atoms with Crippen molar-refractivity contribution in [2.24, 2.45) is 5.92 Å². The number of carbonyl (C=O) groups is 1. The summed E-state index contributed by atoms with van der Waals surface area (Å²) in [5.74, 6) is 1.28. The third-order valence-electron chi connectivity index (χ3n) is 4.80. The maximum absolute atomic E-state index is 12.4. The van der Waals surface area contributed by atoms with Crippen LogP contribution in [0.4, 0.5) is 0 Å². The fourth-order valence-electron chi connectivity index (χ4n) is 3.20. The lowest BCUT2D eigenvalue weighted by Gasteiger charge is -2.15. The van der Waals surface area contributed by atoms with E-state index in [0.29, 0.717) is 0 Å². The third-order valence-corrected chi connectivity index (χ3v) is 4.80. The SMILES string of the molecule is C[C@H](NC(=O)[C@@H]1C[C@@H]1c1ccco1)c1ccc(-c2cccnc2)cc1. The zero-order chi connectivity index (χ0) is 17.2. The van der Waals surface area contributed by atoms with Crippen molar-refractivity contribution in [1.82, 2.24) is 10.3 Å². The number of hydrogen-bond acceptors (Lipinski definition) is 3. The van der Waals surface area contributed by atoms with Gasteiger partial charge in [0.1, 0.15) is 5.76 Å². The number of nitrogens with zero attached hydrogens (tertiary/aromatic N) is 1. The van der Waals surface area contributed by atoms with Gasteiger partial charge in [-0.05, 0) is 48.2 Å². The number of pyridine rings is 1. The average molecular weight is 332 g/mol. The maximum Gasteiger partial charge on any atom is 0.224 e. The van der Waals surface area contributed by atoms with Gasteiger partial charge in [-0.3, -0.25) is 9.78 Å². The van der Waals surface area contributed by atoms with Gasteiger partial charge < -0.3 is 9.73 Å². The van der Waals surface area contributed by atoms with E-state index in [1.807, 2.05) is 37.4 Å². The molecule has 4 heteroatoms. The Morgan fingerprint density at radius 3 is 2.68 bits per heavy atom. The summed E-state index contributed by atoms with van der Waals surface area (Å²) in [6, 6.07) is 16.0. The summed E-state index contributed by atoms with van der Waals surface area (Å²) in [5, 5.41) is 3.12. The first-order chi connectivity index (χ1) is 12.2. The van der Waals surface area contributed by atoms with Gasteiger partial charge in [0.25, 0.3) is 0 Å². The van der Waals surface area contributed by atoms with E-state index in [-0.39, 0.29) is 23.8 Å². The Morgan fingerprint density at radius 2 is 2.00 bits per heavy atom. The molecular weight excluding hydrogens is 312 g/mol. The van der Waals surface area contributed by atoms with Gasteiger partial charge in [-0.25, -0.2) is 0 Å². The van der Waals surface area contributed by atoms with Crippen LogP contribution in [0.5, 0.6) is 0 Å². The summed E-state index contributed by atoms with van der Waals surface area (Å²) in [6.07, 6.45) is 6.15. The van der Waals surface area contributed by atoms with Crippen molar-refractivity contribution in [3.63, 3.8) is 0 Å². The van der Waals surface area contributed by atoms with E-state index in [0.717, 1.165) is 28.9 Å². The summed E-state index contributed by atoms with van der Waals surface area (Å²) in [6.45, 7) is 2.02. The molecule has 1 fully saturated rings.